The molecule has 12 heteroatoms. The summed E-state index contributed by atoms with van der Waals surface area (Å²) < 4.78 is 44.6. The lowest BCUT2D eigenvalue weighted by molar-refractivity contribution is -0.147. The predicted octanol–water partition coefficient (Wildman–Crippen LogP) is 7.12. The quantitative estimate of drug-likeness (QED) is 0.0420. The molecule has 0 bridgehead atoms. The standard InChI is InChI=1S/C42H42O12/c43-39(27-51-29-15-17-33-37(25-29)53-35-13-3-1-11-31(35)41(33)45)49-23-9-7-21-47-19-5-6-20-48-22-8-10-24-50-40(44)28-52-30-16-18-34-38(26-30)54-36-14-4-2-12-32(36)42(34)46/h1-4,11-18,25-26H,5-10,19-24,27-28H2. The van der Waals surface area contributed by atoms with Crippen molar-refractivity contribution in [2.24, 2.45) is 0 Å². The average Bonchev–Trinajstić information content (AvgIpc) is 3.19. The lowest BCUT2D eigenvalue weighted by Gasteiger charge is -2.09. The van der Waals surface area contributed by atoms with Gasteiger partial charge in [-0.15, -0.1) is 0 Å². The number of unbranched alkanes of at least 4 members (excludes halogenated alkanes) is 3. The third-order valence-electron chi connectivity index (χ3n) is 8.53. The van der Waals surface area contributed by atoms with Gasteiger partial charge in [-0.25, -0.2) is 9.59 Å². The second-order valence-corrected chi connectivity index (χ2v) is 12.5. The maximum Gasteiger partial charge on any atom is 0.344 e. The Bertz CT molecular complexity index is 2140. The number of carbonyl (C=O) groups excluding carboxylic acids is 2. The van der Waals surface area contributed by atoms with E-state index in [1.165, 1.54) is 0 Å². The molecule has 2 heterocycles. The number of hydrogen-bond donors (Lipinski definition) is 0. The number of para-hydroxylation sites is 2. The van der Waals surface area contributed by atoms with Crippen molar-refractivity contribution in [2.75, 3.05) is 52.9 Å². The fourth-order valence-corrected chi connectivity index (χ4v) is 5.71. The maximum absolute atomic E-state index is 12.7. The normalized spacial score (nSPS) is 11.3. The number of rotatable bonds is 21. The summed E-state index contributed by atoms with van der Waals surface area (Å²) in [6.45, 7) is 2.46. The Morgan fingerprint density at radius 1 is 0.444 bits per heavy atom. The largest absolute Gasteiger partial charge is 0.482 e. The van der Waals surface area contributed by atoms with E-state index in [1.54, 1.807) is 84.9 Å². The number of benzene rings is 4. The Morgan fingerprint density at radius 2 is 0.815 bits per heavy atom. The molecule has 0 radical (unpaired) electrons. The lowest BCUT2D eigenvalue weighted by atomic mass is 10.1. The van der Waals surface area contributed by atoms with E-state index in [0.29, 0.717) is 94.6 Å². The molecule has 0 fully saturated rings. The Hall–Kier alpha value is -5.72. The first-order valence-corrected chi connectivity index (χ1v) is 18.1. The van der Waals surface area contributed by atoms with Gasteiger partial charge in [0, 0.05) is 38.6 Å². The summed E-state index contributed by atoms with van der Waals surface area (Å²) in [5.41, 5.74) is 1.53. The van der Waals surface area contributed by atoms with Crippen molar-refractivity contribution in [3.05, 3.63) is 105 Å². The van der Waals surface area contributed by atoms with E-state index in [9.17, 15) is 19.2 Å². The van der Waals surface area contributed by atoms with Crippen molar-refractivity contribution >= 4 is 55.8 Å². The molecule has 0 unspecified atom stereocenters. The second kappa shape index (κ2) is 19.4. The third-order valence-corrected chi connectivity index (χ3v) is 8.53. The van der Waals surface area contributed by atoms with Crippen LogP contribution in [0.15, 0.2) is 103 Å². The van der Waals surface area contributed by atoms with Gasteiger partial charge in [-0.2, -0.15) is 0 Å². The number of ether oxygens (including phenoxy) is 6. The molecular formula is C42H42O12. The molecule has 12 nitrogen and oxygen atoms in total. The zero-order valence-electron chi connectivity index (χ0n) is 29.9. The van der Waals surface area contributed by atoms with Crippen LogP contribution in [-0.4, -0.2) is 64.8 Å². The summed E-state index contributed by atoms with van der Waals surface area (Å²) in [7, 11) is 0. The van der Waals surface area contributed by atoms with Crippen LogP contribution < -0.4 is 20.3 Å². The van der Waals surface area contributed by atoms with Gasteiger partial charge in [0.25, 0.3) is 0 Å². The molecule has 0 aliphatic heterocycles. The van der Waals surface area contributed by atoms with Gasteiger partial charge >= 0.3 is 11.9 Å². The summed E-state index contributed by atoms with van der Waals surface area (Å²) in [5, 5.41) is 1.92. The highest BCUT2D eigenvalue weighted by atomic mass is 16.6. The molecule has 4 aromatic carbocycles. The van der Waals surface area contributed by atoms with E-state index < -0.39 is 11.9 Å². The maximum atomic E-state index is 12.7. The lowest BCUT2D eigenvalue weighted by Crippen LogP contribution is -2.16. The molecule has 0 aliphatic rings. The first kappa shape index (κ1) is 38.0. The van der Waals surface area contributed by atoms with Gasteiger partial charge in [0.2, 0.25) is 10.9 Å². The Balaban J connectivity index is 0.720. The molecule has 0 spiro atoms. The van der Waals surface area contributed by atoms with Crippen LogP contribution in [0.25, 0.3) is 43.9 Å². The Morgan fingerprint density at radius 3 is 1.24 bits per heavy atom. The monoisotopic (exact) mass is 738 g/mol. The highest BCUT2D eigenvalue weighted by Crippen LogP contribution is 2.24. The van der Waals surface area contributed by atoms with E-state index in [1.807, 2.05) is 0 Å². The first-order chi connectivity index (χ1) is 26.5. The molecule has 0 saturated carbocycles. The van der Waals surface area contributed by atoms with Crippen LogP contribution in [0.3, 0.4) is 0 Å². The van der Waals surface area contributed by atoms with Crippen LogP contribution in [0.1, 0.15) is 38.5 Å². The molecular weight excluding hydrogens is 696 g/mol. The first-order valence-electron chi connectivity index (χ1n) is 18.1. The molecule has 6 rings (SSSR count). The van der Waals surface area contributed by atoms with Crippen molar-refractivity contribution in [2.45, 2.75) is 38.5 Å². The minimum absolute atomic E-state index is 0.116. The molecule has 54 heavy (non-hydrogen) atoms. The van der Waals surface area contributed by atoms with Crippen LogP contribution >= 0.6 is 0 Å². The number of fused-ring (bicyclic) bond motifs is 4. The number of carbonyl (C=O) groups is 2. The fourth-order valence-electron chi connectivity index (χ4n) is 5.71. The smallest absolute Gasteiger partial charge is 0.344 e. The van der Waals surface area contributed by atoms with E-state index in [0.717, 1.165) is 25.7 Å². The van der Waals surface area contributed by atoms with Crippen LogP contribution in [0.4, 0.5) is 0 Å². The molecule has 0 atom stereocenters. The number of hydrogen-bond acceptors (Lipinski definition) is 12. The Kier molecular flexibility index (Phi) is 13.6. The summed E-state index contributed by atoms with van der Waals surface area (Å²) in [6.07, 6.45) is 4.62. The van der Waals surface area contributed by atoms with E-state index in [4.69, 9.17) is 37.3 Å². The molecule has 6 aromatic rings. The molecule has 2 aromatic heterocycles. The Labute approximate surface area is 310 Å². The van der Waals surface area contributed by atoms with Crippen LogP contribution in [0.5, 0.6) is 11.5 Å². The SMILES string of the molecule is O=C(COc1ccc2c(=O)c3ccccc3oc2c1)OCCCCOCCCCOCCCCOC(=O)COc1ccc2c(=O)c3ccccc3oc2c1. The van der Waals surface area contributed by atoms with Gasteiger partial charge in [-0.1, -0.05) is 24.3 Å². The minimum Gasteiger partial charge on any atom is -0.482 e. The molecule has 0 N–H and O–H groups in total. The summed E-state index contributed by atoms with van der Waals surface area (Å²) in [5.74, 6) is -0.142. The summed E-state index contributed by atoms with van der Waals surface area (Å²) >= 11 is 0. The molecule has 282 valence electrons. The van der Waals surface area contributed by atoms with Crippen molar-refractivity contribution < 1.29 is 46.8 Å². The topological polar surface area (TPSA) is 150 Å². The highest BCUT2D eigenvalue weighted by molar-refractivity contribution is 5.91. The summed E-state index contributed by atoms with van der Waals surface area (Å²) in [4.78, 5) is 49.6. The van der Waals surface area contributed by atoms with Gasteiger partial charge in [0.05, 0.1) is 34.8 Å². The van der Waals surface area contributed by atoms with Crippen molar-refractivity contribution in [3.8, 4) is 11.5 Å². The number of esters is 2. The van der Waals surface area contributed by atoms with Gasteiger partial charge in [-0.3, -0.25) is 9.59 Å². The van der Waals surface area contributed by atoms with Gasteiger partial charge in [0.1, 0.15) is 33.8 Å². The summed E-state index contributed by atoms with van der Waals surface area (Å²) in [6, 6.07) is 23.8. The predicted molar refractivity (Wildman–Crippen MR) is 202 cm³/mol. The fraction of sp³-hybridized carbons (Fsp3) is 0.333. The zero-order chi connectivity index (χ0) is 37.5. The van der Waals surface area contributed by atoms with Crippen LogP contribution in [0, 0.1) is 0 Å². The van der Waals surface area contributed by atoms with E-state index in [2.05, 4.69) is 0 Å². The van der Waals surface area contributed by atoms with Gasteiger partial charge in [0.15, 0.2) is 13.2 Å². The van der Waals surface area contributed by atoms with Crippen LogP contribution in [0.2, 0.25) is 0 Å². The third kappa shape index (κ3) is 10.5. The van der Waals surface area contributed by atoms with E-state index >= 15 is 0 Å². The zero-order valence-corrected chi connectivity index (χ0v) is 29.9. The van der Waals surface area contributed by atoms with Crippen molar-refractivity contribution in [1.29, 1.82) is 0 Å². The average molecular weight is 739 g/mol. The molecule has 0 saturated heterocycles. The van der Waals surface area contributed by atoms with Gasteiger partial charge < -0.3 is 37.3 Å². The van der Waals surface area contributed by atoms with Gasteiger partial charge in [-0.05, 0) is 87.1 Å². The van der Waals surface area contributed by atoms with Crippen molar-refractivity contribution in [1.82, 2.24) is 0 Å². The van der Waals surface area contributed by atoms with E-state index in [-0.39, 0.29) is 37.3 Å². The second-order valence-electron chi connectivity index (χ2n) is 12.5. The highest BCUT2D eigenvalue weighted by Gasteiger charge is 2.12. The minimum atomic E-state index is -0.479. The molecule has 0 amide bonds. The molecule has 0 aliphatic carbocycles. The van der Waals surface area contributed by atoms with Crippen LogP contribution in [-0.2, 0) is 28.5 Å². The van der Waals surface area contributed by atoms with Crippen molar-refractivity contribution in [3.63, 3.8) is 0 Å².